The number of fused-ring (bicyclic) bond motifs is 1. The number of rotatable bonds is 2. The van der Waals surface area contributed by atoms with E-state index in [1.165, 1.54) is 5.71 Å². The fraction of sp³-hybridized carbons (Fsp3) is 0.786. The van der Waals surface area contributed by atoms with Crippen LogP contribution in [0.25, 0.3) is 0 Å². The van der Waals surface area contributed by atoms with Crippen LogP contribution in [0.15, 0.2) is 5.16 Å². The molecule has 114 valence electrons. The van der Waals surface area contributed by atoms with Crippen molar-refractivity contribution in [3.8, 4) is 0 Å². The van der Waals surface area contributed by atoms with Crippen LogP contribution in [0.1, 0.15) is 30.7 Å². The molecule has 3 aliphatic rings. The average Bonchev–Trinajstić information content (AvgIpc) is 3.10. The Morgan fingerprint density at radius 1 is 1.19 bits per heavy atom. The minimum Gasteiger partial charge on any atom is -0.389 e. The summed E-state index contributed by atoms with van der Waals surface area (Å²) in [6.07, 6.45) is 4.13. The number of likely N-dealkylation sites (tertiary alicyclic amines) is 1. The molecule has 1 aromatic rings. The topological polar surface area (TPSA) is 69.6 Å². The number of H-pyrrole nitrogens is 1. The van der Waals surface area contributed by atoms with Crippen LogP contribution in [0.3, 0.4) is 0 Å². The van der Waals surface area contributed by atoms with E-state index in [1.807, 2.05) is 0 Å². The van der Waals surface area contributed by atoms with Crippen LogP contribution in [0.5, 0.6) is 0 Å². The van der Waals surface area contributed by atoms with Gasteiger partial charge < -0.3 is 9.74 Å². The summed E-state index contributed by atoms with van der Waals surface area (Å²) in [6.45, 7) is 4.99. The van der Waals surface area contributed by atoms with Crippen molar-refractivity contribution in [2.45, 2.75) is 37.8 Å². The maximum Gasteiger partial charge on any atom is 0.145 e. The van der Waals surface area contributed by atoms with Gasteiger partial charge in [0.15, 0.2) is 0 Å². The van der Waals surface area contributed by atoms with Crippen LogP contribution in [-0.2, 0) is 17.8 Å². The maximum absolute atomic E-state index is 5.84. The Morgan fingerprint density at radius 2 is 2.00 bits per heavy atom. The molecule has 0 unspecified atom stereocenters. The van der Waals surface area contributed by atoms with E-state index in [1.54, 1.807) is 0 Å². The van der Waals surface area contributed by atoms with E-state index in [0.717, 1.165) is 69.8 Å². The third-order valence-electron chi connectivity index (χ3n) is 4.94. The Labute approximate surface area is 124 Å². The predicted molar refractivity (Wildman–Crippen MR) is 78.0 cm³/mol. The quantitative estimate of drug-likeness (QED) is 0.854. The Bertz CT molecular complexity index is 545. The van der Waals surface area contributed by atoms with Gasteiger partial charge in [-0.3, -0.25) is 4.90 Å². The van der Waals surface area contributed by atoms with E-state index in [9.17, 15) is 0 Å². The van der Waals surface area contributed by atoms with Gasteiger partial charge in [0.2, 0.25) is 0 Å². The molecule has 1 saturated heterocycles. The summed E-state index contributed by atoms with van der Waals surface area (Å²) in [5, 5.41) is 15.5. The second-order valence-electron chi connectivity index (χ2n) is 6.59. The number of aromatic amines is 1. The van der Waals surface area contributed by atoms with Gasteiger partial charge in [-0.05, 0) is 7.05 Å². The van der Waals surface area contributed by atoms with Gasteiger partial charge in [-0.15, -0.1) is 0 Å². The Hall–Kier alpha value is -1.47. The minimum atomic E-state index is -0.0172. The molecule has 1 fully saturated rings. The summed E-state index contributed by atoms with van der Waals surface area (Å²) < 4.78 is 0. The number of nitrogens with one attached hydrogen (secondary N) is 1. The smallest absolute Gasteiger partial charge is 0.145 e. The monoisotopic (exact) mass is 290 g/mol. The summed E-state index contributed by atoms with van der Waals surface area (Å²) in [6, 6.07) is 0. The van der Waals surface area contributed by atoms with Crippen molar-refractivity contribution >= 4 is 5.71 Å². The lowest BCUT2D eigenvalue weighted by molar-refractivity contribution is -0.0578. The van der Waals surface area contributed by atoms with Crippen molar-refractivity contribution < 1.29 is 4.84 Å². The molecule has 0 aliphatic carbocycles. The molecule has 0 aromatic carbocycles. The summed E-state index contributed by atoms with van der Waals surface area (Å²) in [5.74, 6) is 0. The first-order valence-corrected chi connectivity index (χ1v) is 7.76. The number of hydrogen-bond acceptors (Lipinski definition) is 6. The molecule has 1 spiro atoms. The van der Waals surface area contributed by atoms with Crippen molar-refractivity contribution in [1.82, 2.24) is 25.2 Å². The summed E-state index contributed by atoms with van der Waals surface area (Å²) in [4.78, 5) is 10.6. The Morgan fingerprint density at radius 3 is 2.86 bits per heavy atom. The largest absolute Gasteiger partial charge is 0.389 e. The van der Waals surface area contributed by atoms with Gasteiger partial charge >= 0.3 is 0 Å². The highest BCUT2D eigenvalue weighted by molar-refractivity contribution is 5.88. The molecule has 0 bridgehead atoms. The van der Waals surface area contributed by atoms with Crippen LogP contribution >= 0.6 is 0 Å². The molecular formula is C14H22N6O. The second kappa shape index (κ2) is 5.06. The zero-order chi connectivity index (χ0) is 14.3. The van der Waals surface area contributed by atoms with Crippen molar-refractivity contribution in [2.24, 2.45) is 5.16 Å². The molecule has 0 radical (unpaired) electrons. The third-order valence-corrected chi connectivity index (χ3v) is 4.94. The van der Waals surface area contributed by atoms with Crippen molar-refractivity contribution in [1.29, 1.82) is 0 Å². The van der Waals surface area contributed by atoms with Crippen molar-refractivity contribution in [2.75, 3.05) is 33.2 Å². The van der Waals surface area contributed by atoms with E-state index in [-0.39, 0.29) is 5.60 Å². The standard InChI is InChI=1S/C14H22N6O/c1-19-6-3-14(4-7-19)8-11(17-21-14)9-20-5-2-12-13(10-20)16-18-15-12/h2-10H2,1H3,(H,15,16,18). The molecule has 1 aromatic heterocycles. The van der Waals surface area contributed by atoms with Gasteiger partial charge in [0, 0.05) is 58.4 Å². The zero-order valence-corrected chi connectivity index (χ0v) is 12.5. The molecule has 3 aliphatic heterocycles. The molecule has 4 rings (SSSR count). The Balaban J connectivity index is 1.35. The summed E-state index contributed by atoms with van der Waals surface area (Å²) in [7, 11) is 2.17. The van der Waals surface area contributed by atoms with Crippen LogP contribution in [0, 0.1) is 0 Å². The van der Waals surface area contributed by atoms with Crippen molar-refractivity contribution in [3.63, 3.8) is 0 Å². The molecule has 21 heavy (non-hydrogen) atoms. The van der Waals surface area contributed by atoms with Crippen LogP contribution < -0.4 is 0 Å². The van der Waals surface area contributed by atoms with E-state index >= 15 is 0 Å². The molecule has 0 atom stereocenters. The van der Waals surface area contributed by atoms with Gasteiger partial charge in [-0.1, -0.05) is 5.16 Å². The first-order chi connectivity index (χ1) is 10.2. The van der Waals surface area contributed by atoms with Gasteiger partial charge in [0.25, 0.3) is 0 Å². The zero-order valence-electron chi connectivity index (χ0n) is 12.5. The van der Waals surface area contributed by atoms with E-state index < -0.39 is 0 Å². The lowest BCUT2D eigenvalue weighted by atomic mass is 9.87. The molecule has 4 heterocycles. The van der Waals surface area contributed by atoms with Crippen LogP contribution in [0.2, 0.25) is 0 Å². The third kappa shape index (κ3) is 2.55. The summed E-state index contributed by atoms with van der Waals surface area (Å²) in [5.41, 5.74) is 3.36. The number of piperidine rings is 1. The fourth-order valence-corrected chi connectivity index (χ4v) is 3.53. The van der Waals surface area contributed by atoms with Gasteiger partial charge in [0.1, 0.15) is 5.60 Å². The summed E-state index contributed by atoms with van der Waals surface area (Å²) >= 11 is 0. The van der Waals surface area contributed by atoms with Crippen LogP contribution in [0.4, 0.5) is 0 Å². The molecule has 7 nitrogen and oxygen atoms in total. The highest BCUT2D eigenvalue weighted by atomic mass is 16.7. The van der Waals surface area contributed by atoms with E-state index in [0.29, 0.717) is 0 Å². The second-order valence-corrected chi connectivity index (χ2v) is 6.59. The normalized spacial score (nSPS) is 25.7. The van der Waals surface area contributed by atoms with Crippen LogP contribution in [-0.4, -0.2) is 69.8 Å². The maximum atomic E-state index is 5.84. The molecular weight excluding hydrogens is 268 g/mol. The highest BCUT2D eigenvalue weighted by Gasteiger charge is 2.41. The average molecular weight is 290 g/mol. The number of hydrogen-bond donors (Lipinski definition) is 1. The fourth-order valence-electron chi connectivity index (χ4n) is 3.53. The lowest BCUT2D eigenvalue weighted by Crippen LogP contribution is -2.43. The molecule has 7 heteroatoms. The SMILES string of the molecule is CN1CCC2(CC1)CC(CN1CCc3n[nH]nc3C1)=NO2. The first kappa shape index (κ1) is 13.2. The molecule has 1 N–H and O–H groups in total. The molecule has 0 amide bonds. The first-order valence-electron chi connectivity index (χ1n) is 7.76. The minimum absolute atomic E-state index is 0.0172. The van der Waals surface area contributed by atoms with E-state index in [2.05, 4.69) is 37.4 Å². The number of oxime groups is 1. The highest BCUT2D eigenvalue weighted by Crippen LogP contribution is 2.34. The van der Waals surface area contributed by atoms with E-state index in [4.69, 9.17) is 4.84 Å². The Kier molecular flexibility index (Phi) is 3.19. The molecule has 0 saturated carbocycles. The van der Waals surface area contributed by atoms with Gasteiger partial charge in [-0.2, -0.15) is 15.4 Å². The van der Waals surface area contributed by atoms with Crippen molar-refractivity contribution in [3.05, 3.63) is 11.4 Å². The number of aromatic nitrogens is 3. The van der Waals surface area contributed by atoms with Gasteiger partial charge in [0.05, 0.1) is 17.1 Å². The van der Waals surface area contributed by atoms with Gasteiger partial charge in [-0.25, -0.2) is 0 Å². The number of nitrogens with zero attached hydrogens (tertiary/aromatic N) is 5. The lowest BCUT2D eigenvalue weighted by Gasteiger charge is -2.35. The predicted octanol–water partition coefficient (Wildman–Crippen LogP) is 0.404.